The Morgan fingerprint density at radius 3 is 2.81 bits per heavy atom. The van der Waals surface area contributed by atoms with Crippen molar-refractivity contribution in [3.63, 3.8) is 0 Å². The second kappa shape index (κ2) is 7.41. The molecule has 27 heavy (non-hydrogen) atoms. The molecule has 0 spiro atoms. The number of amides is 2. The fourth-order valence-corrected chi connectivity index (χ4v) is 3.33. The Labute approximate surface area is 159 Å². The number of hydrogen-bond acceptors (Lipinski definition) is 8. The predicted octanol–water partition coefficient (Wildman–Crippen LogP) is 0.956. The van der Waals surface area contributed by atoms with Crippen molar-refractivity contribution < 1.29 is 14.7 Å². The summed E-state index contributed by atoms with van der Waals surface area (Å²) < 4.78 is 0. The lowest BCUT2D eigenvalue weighted by molar-refractivity contribution is -0.129. The maximum atomic E-state index is 12.5. The van der Waals surface area contributed by atoms with Gasteiger partial charge in [-0.05, 0) is 31.5 Å². The van der Waals surface area contributed by atoms with Crippen LogP contribution in [0.2, 0.25) is 0 Å². The minimum atomic E-state index is -1.60. The number of benzene rings is 1. The van der Waals surface area contributed by atoms with E-state index in [0.717, 1.165) is 10.0 Å². The van der Waals surface area contributed by atoms with Gasteiger partial charge in [0.05, 0.1) is 11.4 Å². The van der Waals surface area contributed by atoms with Gasteiger partial charge in [-0.1, -0.05) is 24.3 Å². The molecule has 2 heterocycles. The second-order valence-electron chi connectivity index (χ2n) is 6.11. The highest BCUT2D eigenvalue weighted by atomic mass is 32.1. The number of anilines is 2. The average Bonchev–Trinajstić information content (AvgIpc) is 3.18. The van der Waals surface area contributed by atoms with Crippen LogP contribution in [0, 0.1) is 0 Å². The van der Waals surface area contributed by atoms with Crippen LogP contribution in [0.25, 0.3) is 0 Å². The maximum absolute atomic E-state index is 12.5. The summed E-state index contributed by atoms with van der Waals surface area (Å²) >= 11 is 1.28. The second-order valence-corrected chi connectivity index (χ2v) is 7.20. The molecule has 2 amide bonds. The smallest absolute Gasteiger partial charge is 0.285 e. The first kappa shape index (κ1) is 18.9. The Morgan fingerprint density at radius 1 is 1.41 bits per heavy atom. The number of carbonyl (C=O) groups is 2. The maximum Gasteiger partial charge on any atom is 0.285 e. The van der Waals surface area contributed by atoms with Crippen molar-refractivity contribution in [3.8, 4) is 0 Å². The van der Waals surface area contributed by atoms with Gasteiger partial charge in [-0.15, -0.1) is 10.2 Å². The number of carbonyl (C=O) groups excluding carboxylic acids is 2. The fraction of sp³-hybridized carbons (Fsp3) is 0.353. The molecule has 3 rings (SSSR count). The lowest BCUT2D eigenvalue weighted by atomic mass is 9.95. The quantitative estimate of drug-likeness (QED) is 0.675. The van der Waals surface area contributed by atoms with Crippen molar-refractivity contribution in [1.82, 2.24) is 15.5 Å². The first-order chi connectivity index (χ1) is 12.8. The number of hydrazone groups is 1. The van der Waals surface area contributed by atoms with Gasteiger partial charge < -0.3 is 16.2 Å². The highest BCUT2D eigenvalue weighted by molar-refractivity contribution is 7.15. The van der Waals surface area contributed by atoms with Crippen LogP contribution in [-0.4, -0.2) is 45.0 Å². The number of nitrogen functional groups attached to an aromatic ring is 1. The summed E-state index contributed by atoms with van der Waals surface area (Å²) in [6, 6.07) is 6.53. The molecule has 0 radical (unpaired) electrons. The third-order valence-corrected chi connectivity index (χ3v) is 5.18. The average molecular weight is 388 g/mol. The molecule has 1 aromatic carbocycles. The highest BCUT2D eigenvalue weighted by Crippen LogP contribution is 2.29. The molecule has 9 nitrogen and oxygen atoms in total. The van der Waals surface area contributed by atoms with Crippen molar-refractivity contribution >= 4 is 39.7 Å². The van der Waals surface area contributed by atoms with Gasteiger partial charge in [0.15, 0.2) is 5.60 Å². The normalized spacial score (nSPS) is 19.3. The zero-order chi connectivity index (χ0) is 19.6. The lowest BCUT2D eigenvalue weighted by Crippen LogP contribution is -2.45. The molecule has 2 aromatic rings. The Bertz CT molecular complexity index is 912. The topological polar surface area (TPSA) is 134 Å². The van der Waals surface area contributed by atoms with Gasteiger partial charge in [0.25, 0.3) is 11.8 Å². The van der Waals surface area contributed by atoms with E-state index in [0.29, 0.717) is 35.1 Å². The molecule has 1 aliphatic rings. The summed E-state index contributed by atoms with van der Waals surface area (Å²) in [5, 5.41) is 27.3. The summed E-state index contributed by atoms with van der Waals surface area (Å²) in [5.41, 5.74) is 5.07. The minimum absolute atomic E-state index is 0.230. The molecule has 4 N–H and O–H groups in total. The highest BCUT2D eigenvalue weighted by Gasteiger charge is 2.46. The number of aliphatic hydroxyl groups is 1. The Morgan fingerprint density at radius 2 is 2.19 bits per heavy atom. The van der Waals surface area contributed by atoms with Crippen molar-refractivity contribution in [2.75, 3.05) is 17.3 Å². The summed E-state index contributed by atoms with van der Waals surface area (Å²) in [7, 11) is 0. The van der Waals surface area contributed by atoms with Crippen molar-refractivity contribution in [1.29, 1.82) is 0 Å². The van der Waals surface area contributed by atoms with Crippen LogP contribution in [0.4, 0.5) is 10.8 Å². The van der Waals surface area contributed by atoms with Crippen molar-refractivity contribution in [2.45, 2.75) is 32.3 Å². The van der Waals surface area contributed by atoms with Crippen LogP contribution in [0.5, 0.6) is 0 Å². The first-order valence-electron chi connectivity index (χ1n) is 8.44. The van der Waals surface area contributed by atoms with E-state index in [2.05, 4.69) is 20.6 Å². The van der Waals surface area contributed by atoms with Crippen LogP contribution in [-0.2, 0) is 11.2 Å². The molecule has 0 aliphatic carbocycles. The summed E-state index contributed by atoms with van der Waals surface area (Å²) in [4.78, 5) is 24.9. The largest absolute Gasteiger partial charge is 0.374 e. The predicted molar refractivity (Wildman–Crippen MR) is 103 cm³/mol. The summed E-state index contributed by atoms with van der Waals surface area (Å²) in [6.45, 7) is 3.71. The molecule has 142 valence electrons. The molecule has 1 aromatic heterocycles. The molecular weight excluding hydrogens is 368 g/mol. The Kier molecular flexibility index (Phi) is 5.19. The zero-order valence-corrected chi connectivity index (χ0v) is 15.8. The monoisotopic (exact) mass is 388 g/mol. The van der Waals surface area contributed by atoms with Gasteiger partial charge in [-0.3, -0.25) is 9.59 Å². The standard InChI is InChI=1S/C17H20N6O3S/c1-3-17(26)10(2)22-23(15(17)25)12-6-4-5-11(9-12)14(24)19-8-7-13-20-21-16(18)27-13/h4-6,9,26H,3,7-8H2,1-2H3,(H2,18,21)(H,19,24)/t17-/m1/s1. The molecule has 0 saturated heterocycles. The van der Waals surface area contributed by atoms with Gasteiger partial charge in [-0.25, -0.2) is 0 Å². The minimum Gasteiger partial charge on any atom is -0.374 e. The van der Waals surface area contributed by atoms with E-state index < -0.39 is 11.5 Å². The van der Waals surface area contributed by atoms with Crippen LogP contribution in [0.3, 0.4) is 0 Å². The van der Waals surface area contributed by atoms with Gasteiger partial charge in [0.2, 0.25) is 5.13 Å². The van der Waals surface area contributed by atoms with Gasteiger partial charge in [0.1, 0.15) is 5.01 Å². The molecule has 10 heteroatoms. The van der Waals surface area contributed by atoms with E-state index in [9.17, 15) is 14.7 Å². The summed E-state index contributed by atoms with van der Waals surface area (Å²) in [5.74, 6) is -0.804. The third kappa shape index (κ3) is 3.67. The molecule has 1 aliphatic heterocycles. The third-order valence-electron chi connectivity index (χ3n) is 4.37. The Balaban J connectivity index is 1.68. The zero-order valence-electron chi connectivity index (χ0n) is 15.0. The molecule has 0 saturated carbocycles. The van der Waals surface area contributed by atoms with E-state index in [1.807, 2.05) is 0 Å². The van der Waals surface area contributed by atoms with Gasteiger partial charge in [-0.2, -0.15) is 10.1 Å². The molecule has 0 bridgehead atoms. The molecular formula is C17H20N6O3S. The van der Waals surface area contributed by atoms with E-state index in [1.165, 1.54) is 11.3 Å². The van der Waals surface area contributed by atoms with Crippen LogP contribution in [0.15, 0.2) is 29.4 Å². The van der Waals surface area contributed by atoms with E-state index in [-0.39, 0.29) is 12.3 Å². The first-order valence-corrected chi connectivity index (χ1v) is 9.25. The fourth-order valence-electron chi connectivity index (χ4n) is 2.72. The Hall–Kier alpha value is -2.85. The molecule has 0 unspecified atom stereocenters. The SMILES string of the molecule is CC[C@]1(O)C(=O)N(c2cccc(C(=O)NCCc3nnc(N)s3)c2)N=C1C. The van der Waals surface area contributed by atoms with Crippen molar-refractivity contribution in [3.05, 3.63) is 34.8 Å². The van der Waals surface area contributed by atoms with E-state index in [4.69, 9.17) is 5.73 Å². The van der Waals surface area contributed by atoms with Crippen LogP contribution < -0.4 is 16.1 Å². The number of rotatable bonds is 6. The molecule has 1 atom stereocenters. The van der Waals surface area contributed by atoms with Gasteiger partial charge >= 0.3 is 0 Å². The van der Waals surface area contributed by atoms with E-state index in [1.54, 1.807) is 38.1 Å². The summed E-state index contributed by atoms with van der Waals surface area (Å²) in [6.07, 6.45) is 0.756. The number of nitrogens with one attached hydrogen (secondary N) is 1. The van der Waals surface area contributed by atoms with Gasteiger partial charge in [0, 0.05) is 18.5 Å². The lowest BCUT2D eigenvalue weighted by Gasteiger charge is -2.20. The number of nitrogens with zero attached hydrogens (tertiary/aromatic N) is 4. The number of nitrogens with two attached hydrogens (primary N) is 1. The molecule has 0 fully saturated rings. The van der Waals surface area contributed by atoms with Crippen LogP contribution in [0.1, 0.15) is 35.6 Å². The van der Waals surface area contributed by atoms with E-state index >= 15 is 0 Å². The number of aromatic nitrogens is 2. The van der Waals surface area contributed by atoms with Crippen LogP contribution >= 0.6 is 11.3 Å². The number of hydrogen-bond donors (Lipinski definition) is 3. The van der Waals surface area contributed by atoms with Crippen molar-refractivity contribution in [2.24, 2.45) is 5.10 Å².